The number of ether oxygens (including phenoxy) is 2. The van der Waals surface area contributed by atoms with Crippen LogP contribution in [0.25, 0.3) is 0 Å². The van der Waals surface area contributed by atoms with Crippen molar-refractivity contribution >= 4 is 23.9 Å². The molecule has 1 atom stereocenters. The lowest BCUT2D eigenvalue weighted by atomic mass is 10.0. The van der Waals surface area contributed by atoms with Crippen LogP contribution in [-0.2, 0) is 23.9 Å². The van der Waals surface area contributed by atoms with Gasteiger partial charge in [-0.25, -0.2) is 9.59 Å². The zero-order chi connectivity index (χ0) is 35.3. The van der Waals surface area contributed by atoms with E-state index in [1.165, 1.54) is 44.9 Å². The highest BCUT2D eigenvalue weighted by Crippen LogP contribution is 2.19. The first-order chi connectivity index (χ1) is 22.1. The van der Waals surface area contributed by atoms with E-state index in [0.29, 0.717) is 37.0 Å². The summed E-state index contributed by atoms with van der Waals surface area (Å²) in [5, 5.41) is 24.9. The second kappa shape index (κ2) is 22.2. The number of nitrogens with one attached hydrogen (secondary N) is 2. The Bertz CT molecular complexity index is 1050. The number of carbonyl (C=O) groups excluding carboxylic acids is 4. The number of rotatable bonds is 23. The summed E-state index contributed by atoms with van der Waals surface area (Å²) in [6.07, 6.45) is 14.9. The highest BCUT2D eigenvalue weighted by atomic mass is 16.7. The Labute approximate surface area is 281 Å². The Morgan fingerprint density at radius 3 is 1.64 bits per heavy atom. The van der Waals surface area contributed by atoms with Gasteiger partial charge in [-0.05, 0) is 73.6 Å². The number of amides is 2. The van der Waals surface area contributed by atoms with Crippen LogP contribution in [0.4, 0.5) is 4.79 Å². The van der Waals surface area contributed by atoms with E-state index in [1.807, 2.05) is 20.8 Å². The largest absolute Gasteiger partial charge is 0.492 e. The van der Waals surface area contributed by atoms with Crippen LogP contribution in [0.15, 0.2) is 12.1 Å². The molecular weight excluding hydrogens is 606 g/mol. The normalized spacial score (nSPS) is 12.3. The van der Waals surface area contributed by atoms with Gasteiger partial charge < -0.3 is 35.2 Å². The van der Waals surface area contributed by atoms with Gasteiger partial charge in [-0.15, -0.1) is 4.73 Å². The Morgan fingerprint density at radius 1 is 0.681 bits per heavy atom. The predicted molar refractivity (Wildman–Crippen MR) is 180 cm³/mol. The molecule has 2 amide bonds. The molecule has 0 spiro atoms. The average Bonchev–Trinajstić information content (AvgIpc) is 3.26. The van der Waals surface area contributed by atoms with Crippen molar-refractivity contribution in [1.29, 1.82) is 0 Å². The monoisotopic (exact) mass is 667 g/mol. The molecule has 1 rings (SSSR count). The van der Waals surface area contributed by atoms with Crippen molar-refractivity contribution in [3.05, 3.63) is 12.1 Å². The number of nitrogens with zero attached hydrogens (tertiary/aromatic N) is 1. The van der Waals surface area contributed by atoms with Crippen molar-refractivity contribution in [3.63, 3.8) is 0 Å². The lowest BCUT2D eigenvalue weighted by molar-refractivity contribution is -0.155. The molecule has 4 N–H and O–H groups in total. The molecule has 0 aliphatic carbocycles. The topological polar surface area (TPSA) is 165 Å². The van der Waals surface area contributed by atoms with Crippen LogP contribution in [0.2, 0.25) is 0 Å². The van der Waals surface area contributed by atoms with Crippen LogP contribution in [0, 0.1) is 0 Å². The summed E-state index contributed by atoms with van der Waals surface area (Å²) in [7, 11) is 0. The molecule has 1 heterocycles. The molecule has 0 radical (unpaired) electrons. The van der Waals surface area contributed by atoms with Gasteiger partial charge in [0.2, 0.25) is 17.7 Å². The van der Waals surface area contributed by atoms with E-state index >= 15 is 0 Å². The molecule has 0 saturated carbocycles. The number of aromatic hydroxyl groups is 2. The van der Waals surface area contributed by atoms with E-state index in [0.717, 1.165) is 44.2 Å². The van der Waals surface area contributed by atoms with Crippen LogP contribution in [0.1, 0.15) is 151 Å². The Balaban J connectivity index is 2.12. The molecule has 0 aliphatic rings. The van der Waals surface area contributed by atoms with E-state index in [9.17, 15) is 29.4 Å². The highest BCUT2D eigenvalue weighted by Gasteiger charge is 2.27. The molecule has 1 aromatic heterocycles. The molecule has 47 heavy (non-hydrogen) atoms. The number of alkyl carbamates (subject to hydrolysis) is 1. The zero-order valence-electron chi connectivity index (χ0n) is 29.7. The summed E-state index contributed by atoms with van der Waals surface area (Å²) in [5.74, 6) is -1.93. The van der Waals surface area contributed by atoms with Crippen molar-refractivity contribution in [2.24, 2.45) is 0 Å². The van der Waals surface area contributed by atoms with E-state index < -0.39 is 41.1 Å². The third-order valence-corrected chi connectivity index (χ3v) is 7.15. The molecule has 0 fully saturated rings. The first kappa shape index (κ1) is 41.6. The first-order valence-electron chi connectivity index (χ1n) is 17.4. The zero-order valence-corrected chi connectivity index (χ0v) is 29.7. The highest BCUT2D eigenvalue weighted by molar-refractivity contribution is 5.81. The number of unbranched alkanes of at least 4 members (excludes halogenated alkanes) is 12. The van der Waals surface area contributed by atoms with Crippen molar-refractivity contribution in [2.45, 2.75) is 168 Å². The molecule has 0 saturated heterocycles. The molecular formula is C35H61N3O9. The van der Waals surface area contributed by atoms with Gasteiger partial charge in [0.15, 0.2) is 0 Å². The van der Waals surface area contributed by atoms with Crippen molar-refractivity contribution in [2.75, 3.05) is 6.54 Å². The molecule has 0 bridgehead atoms. The maximum Gasteiger partial charge on any atom is 0.408 e. The van der Waals surface area contributed by atoms with Crippen molar-refractivity contribution in [1.82, 2.24) is 15.4 Å². The maximum absolute atomic E-state index is 12.7. The molecule has 1 aromatic rings. The summed E-state index contributed by atoms with van der Waals surface area (Å²) in [4.78, 5) is 54.0. The van der Waals surface area contributed by atoms with Crippen LogP contribution in [0.3, 0.4) is 0 Å². The molecule has 12 heteroatoms. The quantitative estimate of drug-likeness (QED) is 0.0722. The van der Waals surface area contributed by atoms with Gasteiger partial charge in [-0.2, -0.15) is 0 Å². The van der Waals surface area contributed by atoms with Gasteiger partial charge in [0.1, 0.15) is 17.2 Å². The van der Waals surface area contributed by atoms with E-state index in [1.54, 1.807) is 20.8 Å². The minimum atomic E-state index is -1.09. The summed E-state index contributed by atoms with van der Waals surface area (Å²) in [5.41, 5.74) is -1.17. The Kier molecular flexibility index (Phi) is 19.6. The lowest BCUT2D eigenvalue weighted by Gasteiger charge is -2.23. The summed E-state index contributed by atoms with van der Waals surface area (Å²) >= 11 is 0. The van der Waals surface area contributed by atoms with E-state index in [4.69, 9.17) is 14.3 Å². The second-order valence-electron chi connectivity index (χ2n) is 14.1. The number of esters is 1. The lowest BCUT2D eigenvalue weighted by Crippen LogP contribution is -2.46. The van der Waals surface area contributed by atoms with E-state index in [2.05, 4.69) is 10.6 Å². The average molecular weight is 668 g/mol. The number of carbonyl (C=O) groups is 4. The molecule has 270 valence electrons. The maximum atomic E-state index is 12.7. The number of hydrogen-bond donors (Lipinski definition) is 4. The third-order valence-electron chi connectivity index (χ3n) is 7.15. The van der Waals surface area contributed by atoms with Crippen molar-refractivity contribution in [3.8, 4) is 11.8 Å². The van der Waals surface area contributed by atoms with Gasteiger partial charge in [0, 0.05) is 31.5 Å². The fourth-order valence-electron chi connectivity index (χ4n) is 4.85. The van der Waals surface area contributed by atoms with Gasteiger partial charge in [0.05, 0.1) is 0 Å². The van der Waals surface area contributed by atoms with Gasteiger partial charge in [0.25, 0.3) is 0 Å². The SMILES string of the molecule is CC(C)(C)OC(=O)CCCCCCCCCCCCCCC(=O)NCCCC[C@H](NC(=O)OC(C)(C)C)C(=O)On1c(O)ccc1O. The first-order valence-corrected chi connectivity index (χ1v) is 17.4. The Hall–Kier alpha value is -3.44. The fourth-order valence-corrected chi connectivity index (χ4v) is 4.85. The summed E-state index contributed by atoms with van der Waals surface area (Å²) < 4.78 is 11.1. The predicted octanol–water partition coefficient (Wildman–Crippen LogP) is 6.84. The minimum absolute atomic E-state index is 0.00232. The molecule has 0 aromatic carbocycles. The van der Waals surface area contributed by atoms with Gasteiger partial charge >= 0.3 is 18.0 Å². The summed E-state index contributed by atoms with van der Waals surface area (Å²) in [6, 6.07) is 1.23. The molecule has 0 unspecified atom stereocenters. The molecule has 0 aliphatic heterocycles. The number of aromatic nitrogens is 1. The third kappa shape index (κ3) is 21.9. The van der Waals surface area contributed by atoms with E-state index in [-0.39, 0.29) is 18.3 Å². The second-order valence-corrected chi connectivity index (χ2v) is 14.1. The smallest absolute Gasteiger partial charge is 0.408 e. The van der Waals surface area contributed by atoms with Crippen LogP contribution in [-0.4, -0.2) is 62.7 Å². The van der Waals surface area contributed by atoms with Crippen molar-refractivity contribution < 1.29 is 43.7 Å². The van der Waals surface area contributed by atoms with Crippen LogP contribution < -0.4 is 15.5 Å². The molecule has 12 nitrogen and oxygen atoms in total. The summed E-state index contributed by atoms with van der Waals surface area (Å²) in [6.45, 7) is 11.2. The minimum Gasteiger partial charge on any atom is -0.492 e. The Morgan fingerprint density at radius 2 is 1.15 bits per heavy atom. The van der Waals surface area contributed by atoms with Crippen LogP contribution in [0.5, 0.6) is 11.8 Å². The standard InChI is InChI=1S/C35H61N3O9/c1-34(2,3)45-31(42)23-18-16-14-12-10-8-7-9-11-13-15-17-22-28(39)36-26-20-19-21-27(37-33(44)46-35(4,5)6)32(43)47-38-29(40)24-25-30(38)41/h24-25,27,40-41H,7-23,26H2,1-6H3,(H,36,39)(H,37,44)/t27-/m0/s1. The van der Waals surface area contributed by atoms with Gasteiger partial charge in [-0.1, -0.05) is 64.2 Å². The number of hydrogen-bond acceptors (Lipinski definition) is 9. The van der Waals surface area contributed by atoms with Crippen LogP contribution >= 0.6 is 0 Å². The van der Waals surface area contributed by atoms with Gasteiger partial charge in [-0.3, -0.25) is 9.59 Å². The fraction of sp³-hybridized carbons (Fsp3) is 0.771.